The number of hydrogen-bond donors (Lipinski definition) is 1. The molecule has 2 heterocycles. The van der Waals surface area contributed by atoms with Crippen LogP contribution in [0.15, 0.2) is 12.1 Å². The van der Waals surface area contributed by atoms with Crippen molar-refractivity contribution in [1.29, 1.82) is 0 Å². The molecular formula is C15H23N3O2. The van der Waals surface area contributed by atoms with Crippen LogP contribution in [0.3, 0.4) is 0 Å². The monoisotopic (exact) mass is 277 g/mol. The van der Waals surface area contributed by atoms with Crippen LogP contribution in [0.2, 0.25) is 0 Å². The van der Waals surface area contributed by atoms with Crippen molar-refractivity contribution in [1.82, 2.24) is 9.88 Å². The third-order valence-electron chi connectivity index (χ3n) is 3.97. The number of rotatable bonds is 5. The number of ether oxygens (including phenoxy) is 2. The van der Waals surface area contributed by atoms with Crippen molar-refractivity contribution in [3.05, 3.63) is 12.1 Å². The van der Waals surface area contributed by atoms with Crippen LogP contribution >= 0.6 is 0 Å². The first-order valence-corrected chi connectivity index (χ1v) is 7.45. The van der Waals surface area contributed by atoms with Gasteiger partial charge < -0.3 is 20.1 Å². The molecular weight excluding hydrogens is 254 g/mol. The summed E-state index contributed by atoms with van der Waals surface area (Å²) in [5.74, 6) is 1.83. The fraction of sp³-hybridized carbons (Fsp3) is 0.667. The molecule has 0 spiro atoms. The van der Waals surface area contributed by atoms with Crippen molar-refractivity contribution in [2.45, 2.75) is 31.8 Å². The Hall–Kier alpha value is -1.49. The molecule has 20 heavy (non-hydrogen) atoms. The third kappa shape index (κ3) is 3.54. The lowest BCUT2D eigenvalue weighted by Gasteiger charge is -2.29. The summed E-state index contributed by atoms with van der Waals surface area (Å²) in [6.45, 7) is 2.87. The number of aromatic nitrogens is 1. The topological polar surface area (TPSA) is 60.6 Å². The molecule has 1 aliphatic carbocycles. The lowest BCUT2D eigenvalue weighted by atomic mass is 10.1. The summed E-state index contributed by atoms with van der Waals surface area (Å²) in [6, 6.07) is 3.65. The smallest absolute Gasteiger partial charge is 0.240 e. The van der Waals surface area contributed by atoms with Crippen molar-refractivity contribution in [2.75, 3.05) is 32.5 Å². The fourth-order valence-electron chi connectivity index (χ4n) is 2.37. The van der Waals surface area contributed by atoms with E-state index in [-0.39, 0.29) is 6.10 Å². The first-order chi connectivity index (χ1) is 9.70. The molecule has 0 unspecified atom stereocenters. The molecule has 0 aromatic carbocycles. The summed E-state index contributed by atoms with van der Waals surface area (Å²) in [7, 11) is 2.14. The lowest BCUT2D eigenvalue weighted by molar-refractivity contribution is 0.109. The van der Waals surface area contributed by atoms with Gasteiger partial charge in [0.15, 0.2) is 0 Å². The Bertz CT molecular complexity index is 454. The standard InChI is InChI=1S/C15H23N3O2/c1-18-8-6-12(7-9-18)20-14-5-4-13(16)15(17-14)19-10-11-2-3-11/h4-5,11-12H,2-3,6-10,16H2,1H3. The molecule has 0 bridgehead atoms. The van der Waals surface area contributed by atoms with Crippen molar-refractivity contribution in [3.8, 4) is 11.8 Å². The van der Waals surface area contributed by atoms with Crippen LogP contribution < -0.4 is 15.2 Å². The Morgan fingerprint density at radius 3 is 2.70 bits per heavy atom. The third-order valence-corrected chi connectivity index (χ3v) is 3.97. The van der Waals surface area contributed by atoms with Crippen LogP contribution in [0.4, 0.5) is 5.69 Å². The van der Waals surface area contributed by atoms with Crippen molar-refractivity contribution in [2.24, 2.45) is 5.92 Å². The number of nitrogens with zero attached hydrogens (tertiary/aromatic N) is 2. The van der Waals surface area contributed by atoms with E-state index in [0.29, 0.717) is 23.4 Å². The maximum atomic E-state index is 5.95. The van der Waals surface area contributed by atoms with Crippen LogP contribution in [-0.4, -0.2) is 42.7 Å². The van der Waals surface area contributed by atoms with Gasteiger partial charge in [-0.3, -0.25) is 0 Å². The number of nitrogens with two attached hydrogens (primary N) is 1. The molecule has 2 fully saturated rings. The fourth-order valence-corrected chi connectivity index (χ4v) is 2.37. The number of anilines is 1. The summed E-state index contributed by atoms with van der Waals surface area (Å²) in [5, 5.41) is 0. The predicted molar refractivity (Wildman–Crippen MR) is 78.0 cm³/mol. The highest BCUT2D eigenvalue weighted by atomic mass is 16.5. The highest BCUT2D eigenvalue weighted by Crippen LogP contribution is 2.31. The van der Waals surface area contributed by atoms with E-state index >= 15 is 0 Å². The molecule has 1 aromatic rings. The summed E-state index contributed by atoms with van der Waals surface area (Å²) < 4.78 is 11.6. The van der Waals surface area contributed by atoms with Crippen LogP contribution in [0, 0.1) is 5.92 Å². The van der Waals surface area contributed by atoms with Gasteiger partial charge in [-0.15, -0.1) is 0 Å². The van der Waals surface area contributed by atoms with Gasteiger partial charge >= 0.3 is 0 Å². The zero-order valence-electron chi connectivity index (χ0n) is 12.0. The Balaban J connectivity index is 1.59. The van der Waals surface area contributed by atoms with Gasteiger partial charge in [0.1, 0.15) is 6.10 Å². The van der Waals surface area contributed by atoms with Crippen molar-refractivity contribution in [3.63, 3.8) is 0 Å². The number of likely N-dealkylation sites (tertiary alicyclic amines) is 1. The quantitative estimate of drug-likeness (QED) is 0.891. The zero-order chi connectivity index (χ0) is 13.9. The van der Waals surface area contributed by atoms with Crippen LogP contribution in [0.5, 0.6) is 11.8 Å². The summed E-state index contributed by atoms with van der Waals surface area (Å²) in [5.41, 5.74) is 6.48. The zero-order valence-corrected chi connectivity index (χ0v) is 12.0. The number of piperidine rings is 1. The summed E-state index contributed by atoms with van der Waals surface area (Å²) in [6.07, 6.45) is 4.84. The molecule has 5 heteroatoms. The van der Waals surface area contributed by atoms with E-state index in [1.54, 1.807) is 0 Å². The average molecular weight is 277 g/mol. The van der Waals surface area contributed by atoms with Crippen LogP contribution in [-0.2, 0) is 0 Å². The SMILES string of the molecule is CN1CCC(Oc2ccc(N)c(OCC3CC3)n2)CC1. The van der Waals surface area contributed by atoms with E-state index in [9.17, 15) is 0 Å². The number of nitrogen functional groups attached to an aromatic ring is 1. The van der Waals surface area contributed by atoms with Crippen molar-refractivity contribution >= 4 is 5.69 Å². The Morgan fingerprint density at radius 1 is 1.25 bits per heavy atom. The molecule has 1 saturated carbocycles. The molecule has 0 amide bonds. The van der Waals surface area contributed by atoms with Gasteiger partial charge in [0.05, 0.1) is 12.3 Å². The van der Waals surface area contributed by atoms with E-state index in [1.165, 1.54) is 12.8 Å². The minimum Gasteiger partial charge on any atom is -0.476 e. The van der Waals surface area contributed by atoms with Gasteiger partial charge in [-0.05, 0) is 44.7 Å². The molecule has 5 nitrogen and oxygen atoms in total. The Kier molecular flexibility index (Phi) is 3.96. The molecule has 0 radical (unpaired) electrons. The summed E-state index contributed by atoms with van der Waals surface area (Å²) in [4.78, 5) is 6.72. The molecule has 0 atom stereocenters. The molecule has 1 aromatic heterocycles. The first-order valence-electron chi connectivity index (χ1n) is 7.45. The second-order valence-corrected chi connectivity index (χ2v) is 5.92. The maximum absolute atomic E-state index is 5.95. The van der Waals surface area contributed by atoms with E-state index < -0.39 is 0 Å². The molecule has 2 N–H and O–H groups in total. The van der Waals surface area contributed by atoms with Gasteiger partial charge in [0.2, 0.25) is 11.8 Å². The summed E-state index contributed by atoms with van der Waals surface area (Å²) >= 11 is 0. The molecule has 1 saturated heterocycles. The molecule has 2 aliphatic rings. The highest BCUT2D eigenvalue weighted by Gasteiger charge is 2.23. The second kappa shape index (κ2) is 5.87. The van der Waals surface area contributed by atoms with Gasteiger partial charge in [0.25, 0.3) is 0 Å². The van der Waals surface area contributed by atoms with E-state index in [2.05, 4.69) is 16.9 Å². The average Bonchev–Trinajstić information content (AvgIpc) is 3.26. The van der Waals surface area contributed by atoms with Gasteiger partial charge in [-0.1, -0.05) is 0 Å². The second-order valence-electron chi connectivity index (χ2n) is 5.92. The minimum absolute atomic E-state index is 0.249. The highest BCUT2D eigenvalue weighted by molar-refractivity contribution is 5.49. The van der Waals surface area contributed by atoms with E-state index in [1.807, 2.05) is 12.1 Å². The van der Waals surface area contributed by atoms with Gasteiger partial charge in [-0.2, -0.15) is 4.98 Å². The molecule has 3 rings (SSSR count). The largest absolute Gasteiger partial charge is 0.476 e. The lowest BCUT2D eigenvalue weighted by Crippen LogP contribution is -2.35. The first kappa shape index (κ1) is 13.5. The molecule has 1 aliphatic heterocycles. The Labute approximate surface area is 120 Å². The van der Waals surface area contributed by atoms with Crippen LogP contribution in [0.1, 0.15) is 25.7 Å². The van der Waals surface area contributed by atoms with E-state index in [4.69, 9.17) is 15.2 Å². The minimum atomic E-state index is 0.249. The van der Waals surface area contributed by atoms with Gasteiger partial charge in [0, 0.05) is 19.2 Å². The van der Waals surface area contributed by atoms with E-state index in [0.717, 1.165) is 32.5 Å². The normalized spacial score (nSPS) is 20.9. The maximum Gasteiger partial charge on any atom is 0.240 e. The van der Waals surface area contributed by atoms with Gasteiger partial charge in [-0.25, -0.2) is 0 Å². The number of pyridine rings is 1. The van der Waals surface area contributed by atoms with Crippen LogP contribution in [0.25, 0.3) is 0 Å². The predicted octanol–water partition coefficient (Wildman–Crippen LogP) is 1.93. The Morgan fingerprint density at radius 2 is 2.00 bits per heavy atom. The molecule has 110 valence electrons. The van der Waals surface area contributed by atoms with Crippen molar-refractivity contribution < 1.29 is 9.47 Å². The number of hydrogen-bond acceptors (Lipinski definition) is 5.